The van der Waals surface area contributed by atoms with E-state index in [2.05, 4.69) is 5.32 Å². The van der Waals surface area contributed by atoms with Crippen molar-refractivity contribution in [3.05, 3.63) is 35.4 Å². The number of hydrogen-bond acceptors (Lipinski definition) is 2. The Bertz CT molecular complexity index is 433. The van der Waals surface area contributed by atoms with E-state index < -0.39 is 23.0 Å². The van der Waals surface area contributed by atoms with E-state index in [4.69, 9.17) is 5.11 Å². The monoisotopic (exact) mass is 257 g/mol. The molecule has 0 saturated heterocycles. The Morgan fingerprint density at radius 3 is 2.56 bits per heavy atom. The van der Waals surface area contributed by atoms with Gasteiger partial charge in [0.25, 0.3) is 0 Å². The van der Waals surface area contributed by atoms with Crippen LogP contribution in [0.5, 0.6) is 0 Å². The summed E-state index contributed by atoms with van der Waals surface area (Å²) in [6.07, 6.45) is 0.0356. The molecule has 18 heavy (non-hydrogen) atoms. The standard InChI is InChI=1S/C13H17F2NO2/c1-13(2,8-16-6-5-12(17)18)9-3-4-10(14)11(15)7-9/h3-4,7,16H,5-6,8H2,1-2H3,(H,17,18). The van der Waals surface area contributed by atoms with Gasteiger partial charge in [0.15, 0.2) is 11.6 Å². The summed E-state index contributed by atoms with van der Waals surface area (Å²) in [5.74, 6) is -2.60. The summed E-state index contributed by atoms with van der Waals surface area (Å²) in [6, 6.07) is 3.81. The van der Waals surface area contributed by atoms with Crippen molar-refractivity contribution in [1.82, 2.24) is 5.32 Å². The third-order valence-electron chi connectivity index (χ3n) is 2.78. The number of rotatable bonds is 6. The zero-order chi connectivity index (χ0) is 13.8. The van der Waals surface area contributed by atoms with Gasteiger partial charge in [0.05, 0.1) is 6.42 Å². The van der Waals surface area contributed by atoms with Crippen molar-refractivity contribution in [2.75, 3.05) is 13.1 Å². The van der Waals surface area contributed by atoms with Crippen LogP contribution in [-0.4, -0.2) is 24.2 Å². The number of aliphatic carboxylic acids is 1. The molecule has 0 saturated carbocycles. The topological polar surface area (TPSA) is 49.3 Å². The summed E-state index contributed by atoms with van der Waals surface area (Å²) in [6.45, 7) is 4.61. The number of nitrogens with one attached hydrogen (secondary N) is 1. The average molecular weight is 257 g/mol. The van der Waals surface area contributed by atoms with E-state index in [0.717, 1.165) is 6.07 Å². The normalized spacial score (nSPS) is 11.6. The fourth-order valence-electron chi connectivity index (χ4n) is 1.62. The molecule has 5 heteroatoms. The van der Waals surface area contributed by atoms with E-state index in [-0.39, 0.29) is 6.42 Å². The van der Waals surface area contributed by atoms with E-state index >= 15 is 0 Å². The summed E-state index contributed by atoms with van der Waals surface area (Å²) in [5, 5.41) is 11.5. The van der Waals surface area contributed by atoms with Crippen molar-refractivity contribution < 1.29 is 18.7 Å². The number of halogens is 2. The lowest BCUT2D eigenvalue weighted by molar-refractivity contribution is -0.136. The molecule has 2 N–H and O–H groups in total. The van der Waals surface area contributed by atoms with E-state index in [9.17, 15) is 13.6 Å². The van der Waals surface area contributed by atoms with Crippen LogP contribution in [0.15, 0.2) is 18.2 Å². The number of benzene rings is 1. The predicted molar refractivity (Wildman–Crippen MR) is 64.5 cm³/mol. The van der Waals surface area contributed by atoms with E-state index in [1.807, 2.05) is 13.8 Å². The summed E-state index contributed by atoms with van der Waals surface area (Å²) in [4.78, 5) is 10.3. The van der Waals surface area contributed by atoms with Crippen LogP contribution in [0.3, 0.4) is 0 Å². The highest BCUT2D eigenvalue weighted by atomic mass is 19.2. The lowest BCUT2D eigenvalue weighted by atomic mass is 9.84. The van der Waals surface area contributed by atoms with Crippen molar-refractivity contribution in [2.45, 2.75) is 25.7 Å². The van der Waals surface area contributed by atoms with Crippen molar-refractivity contribution in [1.29, 1.82) is 0 Å². The van der Waals surface area contributed by atoms with Gasteiger partial charge in [-0.25, -0.2) is 8.78 Å². The number of carbonyl (C=O) groups is 1. The highest BCUT2D eigenvalue weighted by Crippen LogP contribution is 2.23. The Morgan fingerprint density at radius 2 is 2.00 bits per heavy atom. The first-order valence-electron chi connectivity index (χ1n) is 5.71. The molecule has 0 aliphatic heterocycles. The summed E-state index contributed by atoms with van der Waals surface area (Å²) >= 11 is 0. The molecule has 1 aromatic carbocycles. The van der Waals surface area contributed by atoms with Gasteiger partial charge in [-0.2, -0.15) is 0 Å². The van der Waals surface area contributed by atoms with Crippen LogP contribution >= 0.6 is 0 Å². The molecule has 3 nitrogen and oxygen atoms in total. The van der Waals surface area contributed by atoms with Crippen LogP contribution in [0.1, 0.15) is 25.8 Å². The van der Waals surface area contributed by atoms with Crippen molar-refractivity contribution in [3.63, 3.8) is 0 Å². The first-order chi connectivity index (χ1) is 8.33. The molecular formula is C13H17F2NO2. The summed E-state index contributed by atoms with van der Waals surface area (Å²) in [5.41, 5.74) is 0.275. The van der Waals surface area contributed by atoms with E-state index in [1.54, 1.807) is 0 Å². The van der Waals surface area contributed by atoms with Gasteiger partial charge in [-0.3, -0.25) is 4.79 Å². The first kappa shape index (κ1) is 14.6. The Balaban J connectivity index is 2.61. The highest BCUT2D eigenvalue weighted by Gasteiger charge is 2.21. The maximum Gasteiger partial charge on any atom is 0.304 e. The SMILES string of the molecule is CC(C)(CNCCC(=O)O)c1ccc(F)c(F)c1. The molecule has 0 heterocycles. The van der Waals surface area contributed by atoms with Gasteiger partial charge in [-0.05, 0) is 17.7 Å². The van der Waals surface area contributed by atoms with Gasteiger partial charge < -0.3 is 10.4 Å². The van der Waals surface area contributed by atoms with Crippen LogP contribution in [0.25, 0.3) is 0 Å². The molecule has 0 radical (unpaired) electrons. The zero-order valence-electron chi connectivity index (χ0n) is 10.5. The Hall–Kier alpha value is -1.49. The Morgan fingerprint density at radius 1 is 1.33 bits per heavy atom. The molecule has 0 spiro atoms. The molecule has 0 bridgehead atoms. The molecule has 0 aliphatic carbocycles. The fourth-order valence-corrected chi connectivity index (χ4v) is 1.62. The van der Waals surface area contributed by atoms with Gasteiger partial charge in [0.2, 0.25) is 0 Å². The van der Waals surface area contributed by atoms with Gasteiger partial charge >= 0.3 is 5.97 Å². The maximum absolute atomic E-state index is 13.1. The molecule has 1 aromatic rings. The van der Waals surface area contributed by atoms with Crippen LogP contribution < -0.4 is 5.32 Å². The minimum Gasteiger partial charge on any atom is -0.481 e. The van der Waals surface area contributed by atoms with Crippen molar-refractivity contribution >= 4 is 5.97 Å². The second kappa shape index (κ2) is 5.91. The second-order valence-corrected chi connectivity index (χ2v) is 4.83. The fraction of sp³-hybridized carbons (Fsp3) is 0.462. The van der Waals surface area contributed by atoms with Gasteiger partial charge in [-0.1, -0.05) is 19.9 Å². The molecule has 1 rings (SSSR count). The minimum absolute atomic E-state index is 0.0356. The lowest BCUT2D eigenvalue weighted by Gasteiger charge is -2.25. The highest BCUT2D eigenvalue weighted by molar-refractivity contribution is 5.66. The van der Waals surface area contributed by atoms with Gasteiger partial charge in [-0.15, -0.1) is 0 Å². The van der Waals surface area contributed by atoms with E-state index in [1.165, 1.54) is 12.1 Å². The van der Waals surface area contributed by atoms with Crippen LogP contribution in [0.4, 0.5) is 8.78 Å². The van der Waals surface area contributed by atoms with Crippen molar-refractivity contribution in [2.24, 2.45) is 0 Å². The average Bonchev–Trinajstić information content (AvgIpc) is 2.28. The molecule has 0 fully saturated rings. The van der Waals surface area contributed by atoms with Gasteiger partial charge in [0.1, 0.15) is 0 Å². The molecule has 0 atom stereocenters. The predicted octanol–water partition coefficient (Wildman–Crippen LogP) is 2.31. The quantitative estimate of drug-likeness (QED) is 0.769. The molecule has 0 unspecified atom stereocenters. The number of hydrogen-bond donors (Lipinski definition) is 2. The van der Waals surface area contributed by atoms with Crippen LogP contribution in [0, 0.1) is 11.6 Å². The maximum atomic E-state index is 13.1. The molecular weight excluding hydrogens is 240 g/mol. The first-order valence-corrected chi connectivity index (χ1v) is 5.71. The van der Waals surface area contributed by atoms with E-state index in [0.29, 0.717) is 18.7 Å². The molecule has 100 valence electrons. The minimum atomic E-state index is -0.869. The lowest BCUT2D eigenvalue weighted by Crippen LogP contribution is -2.34. The Labute approximate surface area is 105 Å². The summed E-state index contributed by atoms with van der Waals surface area (Å²) in [7, 11) is 0. The molecule has 0 aliphatic rings. The zero-order valence-corrected chi connectivity index (χ0v) is 10.5. The van der Waals surface area contributed by atoms with Crippen LogP contribution in [-0.2, 0) is 10.2 Å². The number of carboxylic acids is 1. The molecule has 0 amide bonds. The third kappa shape index (κ3) is 4.07. The molecule has 0 aromatic heterocycles. The smallest absolute Gasteiger partial charge is 0.304 e. The van der Waals surface area contributed by atoms with Gasteiger partial charge in [0, 0.05) is 18.5 Å². The largest absolute Gasteiger partial charge is 0.481 e. The third-order valence-corrected chi connectivity index (χ3v) is 2.78. The summed E-state index contributed by atoms with van der Waals surface area (Å²) < 4.78 is 26.0. The van der Waals surface area contributed by atoms with Crippen molar-refractivity contribution in [3.8, 4) is 0 Å². The van der Waals surface area contributed by atoms with Crippen LogP contribution in [0.2, 0.25) is 0 Å². The number of carboxylic acid groups (broad SMARTS) is 1. The second-order valence-electron chi connectivity index (χ2n) is 4.83. The Kier molecular flexibility index (Phi) is 4.78.